The lowest BCUT2D eigenvalue weighted by Crippen LogP contribution is -2.10. The molecule has 2 aromatic rings. The van der Waals surface area contributed by atoms with E-state index in [2.05, 4.69) is 5.32 Å². The zero-order valence-electron chi connectivity index (χ0n) is 10.7. The molecule has 0 radical (unpaired) electrons. The lowest BCUT2D eigenvalue weighted by Gasteiger charge is -2.19. The minimum Gasteiger partial charge on any atom is -0.376 e. The lowest BCUT2D eigenvalue weighted by atomic mass is 10.1. The van der Waals surface area contributed by atoms with Gasteiger partial charge in [0.15, 0.2) is 0 Å². The van der Waals surface area contributed by atoms with Crippen LogP contribution in [0.3, 0.4) is 0 Å². The van der Waals surface area contributed by atoms with Gasteiger partial charge in [-0.3, -0.25) is 0 Å². The van der Waals surface area contributed by atoms with Gasteiger partial charge in [-0.1, -0.05) is 29.8 Å². The summed E-state index contributed by atoms with van der Waals surface area (Å²) in [5, 5.41) is 3.40. The molecule has 0 saturated carbocycles. The van der Waals surface area contributed by atoms with Crippen LogP contribution in [0, 0.1) is 18.6 Å². The van der Waals surface area contributed by atoms with E-state index in [0.29, 0.717) is 10.7 Å². The van der Waals surface area contributed by atoms with Crippen LogP contribution in [0.15, 0.2) is 36.4 Å². The monoisotopic (exact) mass is 281 g/mol. The van der Waals surface area contributed by atoms with Gasteiger partial charge in [-0.15, -0.1) is 0 Å². The summed E-state index contributed by atoms with van der Waals surface area (Å²) >= 11 is 6.00. The molecule has 0 saturated heterocycles. The number of rotatable bonds is 3. The second-order valence-electron chi connectivity index (χ2n) is 4.46. The van der Waals surface area contributed by atoms with E-state index < -0.39 is 0 Å². The summed E-state index contributed by atoms with van der Waals surface area (Å²) in [7, 11) is 0. The number of hydrogen-bond donors (Lipinski definition) is 1. The molecule has 0 aromatic heterocycles. The van der Waals surface area contributed by atoms with E-state index in [4.69, 9.17) is 11.6 Å². The molecular formula is C15H14ClF2N. The van der Waals surface area contributed by atoms with Crippen molar-refractivity contribution < 1.29 is 8.78 Å². The summed E-state index contributed by atoms with van der Waals surface area (Å²) in [5.41, 5.74) is 1.98. The minimum atomic E-state index is -0.386. The van der Waals surface area contributed by atoms with Crippen molar-refractivity contribution in [1.82, 2.24) is 0 Å². The number of para-hydroxylation sites is 1. The Morgan fingerprint density at radius 1 is 1.16 bits per heavy atom. The van der Waals surface area contributed by atoms with Gasteiger partial charge in [0.2, 0.25) is 0 Å². The predicted molar refractivity (Wildman–Crippen MR) is 74.6 cm³/mol. The third-order valence-electron chi connectivity index (χ3n) is 3.01. The zero-order valence-corrected chi connectivity index (χ0v) is 11.4. The fraction of sp³-hybridized carbons (Fsp3) is 0.200. The lowest BCUT2D eigenvalue weighted by molar-refractivity contribution is 0.623. The molecule has 0 fully saturated rings. The zero-order chi connectivity index (χ0) is 14.0. The maximum Gasteiger partial charge on any atom is 0.146 e. The van der Waals surface area contributed by atoms with Gasteiger partial charge in [-0.25, -0.2) is 8.78 Å². The van der Waals surface area contributed by atoms with Gasteiger partial charge in [0.25, 0.3) is 0 Å². The Hall–Kier alpha value is -1.61. The fourth-order valence-corrected chi connectivity index (χ4v) is 2.29. The largest absolute Gasteiger partial charge is 0.376 e. The molecule has 2 rings (SSSR count). The second kappa shape index (κ2) is 5.57. The Morgan fingerprint density at radius 3 is 2.53 bits per heavy atom. The van der Waals surface area contributed by atoms with E-state index >= 15 is 0 Å². The Balaban J connectivity index is 2.28. The van der Waals surface area contributed by atoms with Crippen molar-refractivity contribution >= 4 is 17.3 Å². The molecule has 0 aliphatic carbocycles. The normalized spacial score (nSPS) is 12.3. The van der Waals surface area contributed by atoms with E-state index in [1.807, 2.05) is 19.9 Å². The highest BCUT2D eigenvalue weighted by molar-refractivity contribution is 6.31. The van der Waals surface area contributed by atoms with Gasteiger partial charge >= 0.3 is 0 Å². The fourth-order valence-electron chi connectivity index (χ4n) is 1.96. The van der Waals surface area contributed by atoms with E-state index in [1.165, 1.54) is 18.2 Å². The third-order valence-corrected chi connectivity index (χ3v) is 3.34. The molecule has 4 heteroatoms. The van der Waals surface area contributed by atoms with E-state index in [9.17, 15) is 8.78 Å². The summed E-state index contributed by atoms with van der Waals surface area (Å²) in [5.74, 6) is -0.701. The number of anilines is 1. The molecule has 19 heavy (non-hydrogen) atoms. The molecule has 1 atom stereocenters. The Morgan fingerprint density at radius 2 is 1.89 bits per heavy atom. The van der Waals surface area contributed by atoms with Gasteiger partial charge in [0.05, 0.1) is 11.7 Å². The SMILES string of the molecule is Cc1cccc(F)c1NC(C)c1ccc(F)cc1Cl. The number of nitrogens with one attached hydrogen (secondary N) is 1. The molecule has 0 amide bonds. The van der Waals surface area contributed by atoms with Crippen molar-refractivity contribution in [3.63, 3.8) is 0 Å². The number of aryl methyl sites for hydroxylation is 1. The topological polar surface area (TPSA) is 12.0 Å². The highest BCUT2D eigenvalue weighted by atomic mass is 35.5. The smallest absolute Gasteiger partial charge is 0.146 e. The van der Waals surface area contributed by atoms with Crippen molar-refractivity contribution in [1.29, 1.82) is 0 Å². The minimum absolute atomic E-state index is 0.219. The Kier molecular flexibility index (Phi) is 4.05. The molecule has 100 valence electrons. The van der Waals surface area contributed by atoms with Crippen LogP contribution >= 0.6 is 11.6 Å². The molecule has 2 aromatic carbocycles. The number of hydrogen-bond acceptors (Lipinski definition) is 1. The maximum absolute atomic E-state index is 13.7. The van der Waals surface area contributed by atoms with Crippen LogP contribution in [0.5, 0.6) is 0 Å². The third kappa shape index (κ3) is 3.04. The van der Waals surface area contributed by atoms with Crippen molar-refractivity contribution in [2.24, 2.45) is 0 Å². The molecular weight excluding hydrogens is 268 g/mol. The molecule has 1 unspecified atom stereocenters. The van der Waals surface area contributed by atoms with Crippen LogP contribution in [0.4, 0.5) is 14.5 Å². The predicted octanol–water partition coefficient (Wildman–Crippen LogP) is 5.10. The van der Waals surface area contributed by atoms with Crippen molar-refractivity contribution in [3.8, 4) is 0 Å². The number of halogens is 3. The van der Waals surface area contributed by atoms with Crippen LogP contribution in [0.2, 0.25) is 5.02 Å². The van der Waals surface area contributed by atoms with Crippen LogP contribution < -0.4 is 5.32 Å². The van der Waals surface area contributed by atoms with Gasteiger partial charge in [0, 0.05) is 5.02 Å². The molecule has 1 nitrogen and oxygen atoms in total. The molecule has 1 N–H and O–H groups in total. The highest BCUT2D eigenvalue weighted by Crippen LogP contribution is 2.29. The van der Waals surface area contributed by atoms with Gasteiger partial charge in [-0.05, 0) is 43.2 Å². The summed E-state index contributed by atoms with van der Waals surface area (Å²) in [6, 6.07) is 8.86. The first-order chi connectivity index (χ1) is 8.99. The summed E-state index contributed by atoms with van der Waals surface area (Å²) < 4.78 is 26.7. The average molecular weight is 282 g/mol. The average Bonchev–Trinajstić information content (AvgIpc) is 2.33. The summed E-state index contributed by atoms with van der Waals surface area (Å²) in [4.78, 5) is 0. The van der Waals surface area contributed by atoms with E-state index in [1.54, 1.807) is 12.1 Å². The van der Waals surface area contributed by atoms with Gasteiger partial charge in [0.1, 0.15) is 11.6 Å². The number of benzene rings is 2. The molecule has 0 bridgehead atoms. The van der Waals surface area contributed by atoms with Crippen LogP contribution in [0.1, 0.15) is 24.1 Å². The Bertz CT molecular complexity index is 578. The summed E-state index contributed by atoms with van der Waals surface area (Å²) in [6.07, 6.45) is 0. The second-order valence-corrected chi connectivity index (χ2v) is 4.87. The molecule has 0 heterocycles. The van der Waals surface area contributed by atoms with Crippen molar-refractivity contribution in [3.05, 3.63) is 64.2 Å². The van der Waals surface area contributed by atoms with Crippen LogP contribution in [-0.4, -0.2) is 0 Å². The van der Waals surface area contributed by atoms with Gasteiger partial charge < -0.3 is 5.32 Å². The highest BCUT2D eigenvalue weighted by Gasteiger charge is 2.13. The van der Waals surface area contributed by atoms with Crippen molar-refractivity contribution in [2.75, 3.05) is 5.32 Å². The van der Waals surface area contributed by atoms with Crippen molar-refractivity contribution in [2.45, 2.75) is 19.9 Å². The van der Waals surface area contributed by atoms with Crippen LogP contribution in [0.25, 0.3) is 0 Å². The van der Waals surface area contributed by atoms with E-state index in [0.717, 1.165) is 11.1 Å². The molecule has 0 spiro atoms. The first kappa shape index (κ1) is 13.8. The molecule has 0 aliphatic rings. The first-order valence-electron chi connectivity index (χ1n) is 5.95. The van der Waals surface area contributed by atoms with Crippen LogP contribution in [-0.2, 0) is 0 Å². The van der Waals surface area contributed by atoms with Gasteiger partial charge in [-0.2, -0.15) is 0 Å². The van der Waals surface area contributed by atoms with E-state index in [-0.39, 0.29) is 17.7 Å². The first-order valence-corrected chi connectivity index (χ1v) is 6.33. The summed E-state index contributed by atoms with van der Waals surface area (Å²) in [6.45, 7) is 3.68. The standard InChI is InChI=1S/C15H14ClF2N/c1-9-4-3-5-14(18)15(9)19-10(2)12-7-6-11(17)8-13(12)16/h3-8,10,19H,1-2H3. The molecule has 0 aliphatic heterocycles. The quantitative estimate of drug-likeness (QED) is 0.825. The maximum atomic E-state index is 13.7. The Labute approximate surface area is 116 Å².